The molecule has 2 rings (SSSR count). The van der Waals surface area contributed by atoms with Gasteiger partial charge in [0, 0.05) is 32.4 Å². The predicted octanol–water partition coefficient (Wildman–Crippen LogP) is 1.96. The number of nitrogens with zero attached hydrogens (tertiary/aromatic N) is 2. The maximum Gasteiger partial charge on any atom is 0.261 e. The minimum Gasteiger partial charge on any atom is -0.347 e. The van der Waals surface area contributed by atoms with Crippen molar-refractivity contribution in [3.8, 4) is 0 Å². The molecule has 0 aliphatic heterocycles. The van der Waals surface area contributed by atoms with Gasteiger partial charge in [0.2, 0.25) is 5.91 Å². The molecule has 0 unspecified atom stereocenters. The summed E-state index contributed by atoms with van der Waals surface area (Å²) in [5, 5.41) is 0. The van der Waals surface area contributed by atoms with Crippen LogP contribution in [0.1, 0.15) is 15.9 Å². The molecule has 144 valence electrons. The minimum atomic E-state index is -3.76. The Morgan fingerprint density at radius 2 is 1.63 bits per heavy atom. The molecule has 0 spiro atoms. The molecule has 0 bridgehead atoms. The molecule has 2 aromatic carbocycles. The number of anilines is 1. The molecule has 8 heteroatoms. The van der Waals surface area contributed by atoms with Crippen LogP contribution in [-0.2, 0) is 14.8 Å². The van der Waals surface area contributed by atoms with Gasteiger partial charge in [-0.3, -0.25) is 14.3 Å². The molecule has 27 heavy (non-hydrogen) atoms. The fraction of sp³-hybridized carbons (Fsp3) is 0.263. The monoisotopic (exact) mass is 389 g/mol. The number of nitrogens with one attached hydrogen (secondary N) is 1. The van der Waals surface area contributed by atoms with E-state index >= 15 is 0 Å². The first kappa shape index (κ1) is 20.4. The third-order valence-corrected chi connectivity index (χ3v) is 5.31. The van der Waals surface area contributed by atoms with Crippen LogP contribution in [0.15, 0.2) is 53.4 Å². The highest BCUT2D eigenvalue weighted by Crippen LogP contribution is 2.18. The molecule has 1 N–H and O–H groups in total. The van der Waals surface area contributed by atoms with Gasteiger partial charge in [0.05, 0.1) is 11.4 Å². The molecule has 0 heterocycles. The average Bonchev–Trinajstić information content (AvgIpc) is 2.61. The van der Waals surface area contributed by atoms with Gasteiger partial charge in [0.1, 0.15) is 0 Å². The fourth-order valence-corrected chi connectivity index (χ4v) is 3.33. The number of rotatable bonds is 6. The van der Waals surface area contributed by atoms with Crippen molar-refractivity contribution in [3.05, 3.63) is 59.7 Å². The summed E-state index contributed by atoms with van der Waals surface area (Å²) in [7, 11) is 0.986. The number of carbonyl (C=O) groups excluding carboxylic acids is 2. The van der Waals surface area contributed by atoms with E-state index < -0.39 is 10.0 Å². The van der Waals surface area contributed by atoms with Gasteiger partial charge in [-0.2, -0.15) is 0 Å². The molecule has 7 nitrogen and oxygen atoms in total. The Bertz CT molecular complexity index is 938. The first-order valence-electron chi connectivity index (χ1n) is 8.25. The summed E-state index contributed by atoms with van der Waals surface area (Å²) in [5.41, 5.74) is 1.51. The van der Waals surface area contributed by atoms with E-state index in [2.05, 4.69) is 4.72 Å². The first-order valence-corrected chi connectivity index (χ1v) is 9.73. The summed E-state index contributed by atoms with van der Waals surface area (Å²) >= 11 is 0. The van der Waals surface area contributed by atoms with Crippen molar-refractivity contribution in [2.24, 2.45) is 0 Å². The van der Waals surface area contributed by atoms with Gasteiger partial charge in [-0.15, -0.1) is 0 Å². The SMILES string of the molecule is Cc1ccc(S(=O)(=O)Nc2cccc(C(=O)N(C)CC(=O)N(C)C)c2)cc1. The van der Waals surface area contributed by atoms with Crippen molar-refractivity contribution in [1.82, 2.24) is 9.80 Å². The van der Waals surface area contributed by atoms with Crippen LogP contribution in [-0.4, -0.2) is 57.7 Å². The highest BCUT2D eigenvalue weighted by atomic mass is 32.2. The zero-order valence-corrected chi connectivity index (χ0v) is 16.6. The summed E-state index contributed by atoms with van der Waals surface area (Å²) in [6.45, 7) is 1.81. The van der Waals surface area contributed by atoms with Gasteiger partial charge in [-0.1, -0.05) is 23.8 Å². The average molecular weight is 389 g/mol. The fourth-order valence-electron chi connectivity index (χ4n) is 2.28. The Labute approximate surface area is 159 Å². The predicted molar refractivity (Wildman–Crippen MR) is 104 cm³/mol. The lowest BCUT2D eigenvalue weighted by Crippen LogP contribution is -2.37. The normalized spacial score (nSPS) is 11.0. The van der Waals surface area contributed by atoms with Crippen LogP contribution in [0.4, 0.5) is 5.69 Å². The van der Waals surface area contributed by atoms with Crippen LogP contribution in [0, 0.1) is 6.92 Å². The van der Waals surface area contributed by atoms with Crippen LogP contribution in [0.3, 0.4) is 0 Å². The molecule has 0 fully saturated rings. The second-order valence-electron chi connectivity index (χ2n) is 6.45. The van der Waals surface area contributed by atoms with Crippen molar-refractivity contribution in [1.29, 1.82) is 0 Å². The molecule has 0 saturated carbocycles. The quantitative estimate of drug-likeness (QED) is 0.818. The van der Waals surface area contributed by atoms with Gasteiger partial charge in [-0.25, -0.2) is 8.42 Å². The molecule has 0 saturated heterocycles. The molecule has 0 radical (unpaired) electrons. The summed E-state index contributed by atoms with van der Waals surface area (Å²) in [6.07, 6.45) is 0. The van der Waals surface area contributed by atoms with Crippen LogP contribution in [0.5, 0.6) is 0 Å². The molecule has 2 aromatic rings. The highest BCUT2D eigenvalue weighted by Gasteiger charge is 2.18. The van der Waals surface area contributed by atoms with E-state index in [0.29, 0.717) is 0 Å². The Balaban J connectivity index is 2.18. The lowest BCUT2D eigenvalue weighted by Gasteiger charge is -2.19. The van der Waals surface area contributed by atoms with E-state index in [1.165, 1.54) is 35.0 Å². The summed E-state index contributed by atoms with van der Waals surface area (Å²) in [5.74, 6) is -0.580. The highest BCUT2D eigenvalue weighted by molar-refractivity contribution is 7.92. The maximum atomic E-state index is 12.5. The summed E-state index contributed by atoms with van der Waals surface area (Å²) < 4.78 is 27.5. The third kappa shape index (κ3) is 5.30. The van der Waals surface area contributed by atoms with E-state index in [4.69, 9.17) is 0 Å². The summed E-state index contributed by atoms with van der Waals surface area (Å²) in [6, 6.07) is 12.6. The smallest absolute Gasteiger partial charge is 0.261 e. The number of aryl methyl sites for hydroxylation is 1. The molecule has 0 aliphatic carbocycles. The van der Waals surface area contributed by atoms with Crippen molar-refractivity contribution in [2.75, 3.05) is 32.4 Å². The van der Waals surface area contributed by atoms with Crippen LogP contribution in [0.2, 0.25) is 0 Å². The van der Waals surface area contributed by atoms with Crippen molar-refractivity contribution in [3.63, 3.8) is 0 Å². The Kier molecular flexibility index (Phi) is 6.22. The van der Waals surface area contributed by atoms with E-state index in [0.717, 1.165) is 5.56 Å². The molecular formula is C19H23N3O4S. The van der Waals surface area contributed by atoms with Crippen LogP contribution in [0.25, 0.3) is 0 Å². The van der Waals surface area contributed by atoms with Crippen molar-refractivity contribution in [2.45, 2.75) is 11.8 Å². The van der Waals surface area contributed by atoms with Crippen LogP contribution >= 0.6 is 0 Å². The van der Waals surface area contributed by atoms with E-state index in [-0.39, 0.29) is 34.5 Å². The number of amides is 2. The van der Waals surface area contributed by atoms with Crippen LogP contribution < -0.4 is 4.72 Å². The number of hydrogen-bond acceptors (Lipinski definition) is 4. The zero-order chi connectivity index (χ0) is 20.2. The zero-order valence-electron chi connectivity index (χ0n) is 15.8. The molecule has 0 aromatic heterocycles. The third-order valence-electron chi connectivity index (χ3n) is 3.91. The molecular weight excluding hydrogens is 366 g/mol. The van der Waals surface area contributed by atoms with E-state index in [1.807, 2.05) is 6.92 Å². The lowest BCUT2D eigenvalue weighted by molar-refractivity contribution is -0.129. The second kappa shape index (κ2) is 8.22. The van der Waals surface area contributed by atoms with Gasteiger partial charge in [0.25, 0.3) is 15.9 Å². The van der Waals surface area contributed by atoms with Gasteiger partial charge in [-0.05, 0) is 37.3 Å². The largest absolute Gasteiger partial charge is 0.347 e. The minimum absolute atomic E-state index is 0.0643. The molecule has 0 atom stereocenters. The first-order chi connectivity index (χ1) is 12.6. The van der Waals surface area contributed by atoms with E-state index in [9.17, 15) is 18.0 Å². The van der Waals surface area contributed by atoms with Gasteiger partial charge >= 0.3 is 0 Å². The number of hydrogen-bond donors (Lipinski definition) is 1. The van der Waals surface area contributed by atoms with Gasteiger partial charge < -0.3 is 9.80 Å². The van der Waals surface area contributed by atoms with Crippen molar-refractivity contribution >= 4 is 27.5 Å². The summed E-state index contributed by atoms with van der Waals surface area (Å²) in [4.78, 5) is 27.1. The van der Waals surface area contributed by atoms with Crippen molar-refractivity contribution < 1.29 is 18.0 Å². The lowest BCUT2D eigenvalue weighted by atomic mass is 10.2. The number of likely N-dealkylation sites (N-methyl/N-ethyl adjacent to an activating group) is 2. The Hall–Kier alpha value is -2.87. The molecule has 2 amide bonds. The van der Waals surface area contributed by atoms with E-state index in [1.54, 1.807) is 44.4 Å². The number of benzene rings is 2. The Morgan fingerprint density at radius 3 is 2.22 bits per heavy atom. The second-order valence-corrected chi connectivity index (χ2v) is 8.13. The molecule has 0 aliphatic rings. The number of carbonyl (C=O) groups is 2. The standard InChI is InChI=1S/C19H23N3O4S/c1-14-8-10-17(11-9-14)27(25,26)20-16-7-5-6-15(12-16)19(24)22(4)13-18(23)21(2)3/h5-12,20H,13H2,1-4H3. The number of sulfonamides is 1. The van der Waals surface area contributed by atoms with Gasteiger partial charge in [0.15, 0.2) is 0 Å². The Morgan fingerprint density at radius 1 is 1.00 bits per heavy atom. The maximum absolute atomic E-state index is 12.5. The topological polar surface area (TPSA) is 86.8 Å².